The molecular weight excluding hydrogens is 404 g/mol. The van der Waals surface area contributed by atoms with Crippen LogP contribution in [0.4, 0.5) is 0 Å². The smallest absolute Gasteiger partial charge is 0.172 e. The lowest BCUT2D eigenvalue weighted by Gasteiger charge is -2.17. The third kappa shape index (κ3) is 11.1. The van der Waals surface area contributed by atoms with Gasteiger partial charge in [-0.1, -0.05) is 122 Å². The summed E-state index contributed by atoms with van der Waals surface area (Å²) in [7, 11) is 0. The van der Waals surface area contributed by atoms with E-state index in [2.05, 4.69) is 19.9 Å². The average Bonchev–Trinajstić information content (AvgIpc) is 2.83. The van der Waals surface area contributed by atoms with Crippen molar-refractivity contribution in [1.82, 2.24) is 0 Å². The van der Waals surface area contributed by atoms with E-state index in [0.29, 0.717) is 5.75 Å². The molecule has 184 valence electrons. The van der Waals surface area contributed by atoms with Crippen LogP contribution in [0.1, 0.15) is 121 Å². The molecular formula is C31H48O2. The molecule has 0 atom stereocenters. The largest absolute Gasteiger partial charge is 0.504 e. The highest BCUT2D eigenvalue weighted by Crippen LogP contribution is 2.38. The zero-order valence-electron chi connectivity index (χ0n) is 21.4. The number of phenolic OH excluding ortho intramolecular Hbond substituents is 1. The molecule has 0 aliphatic heterocycles. The summed E-state index contributed by atoms with van der Waals surface area (Å²) in [6.07, 6.45) is 21.8. The standard InChI is InChI=1S/C31H48O2/c1-3-5-7-9-11-13-15-20-24-29-27(21-17-14-12-10-8-6-4-2)25-26-30(32)31(29)33-28-22-18-16-19-23-28/h16,18-19,22-23,25-26,32H,3-15,17,20-21,24H2,1-2H3. The number of para-hydroxylation sites is 1. The Morgan fingerprint density at radius 1 is 0.576 bits per heavy atom. The summed E-state index contributed by atoms with van der Waals surface area (Å²) < 4.78 is 6.23. The highest BCUT2D eigenvalue weighted by Gasteiger charge is 2.15. The summed E-state index contributed by atoms with van der Waals surface area (Å²) in [5.74, 6) is 1.72. The van der Waals surface area contributed by atoms with Crippen LogP contribution in [-0.4, -0.2) is 5.11 Å². The van der Waals surface area contributed by atoms with Gasteiger partial charge in [0.1, 0.15) is 5.75 Å². The topological polar surface area (TPSA) is 29.5 Å². The maximum atomic E-state index is 10.7. The molecule has 0 aromatic heterocycles. The van der Waals surface area contributed by atoms with E-state index in [0.717, 1.165) is 25.0 Å². The molecule has 0 unspecified atom stereocenters. The first-order valence-electron chi connectivity index (χ1n) is 13.8. The highest BCUT2D eigenvalue weighted by molar-refractivity contribution is 5.52. The average molecular weight is 453 g/mol. The van der Waals surface area contributed by atoms with Crippen molar-refractivity contribution >= 4 is 0 Å². The molecule has 2 aromatic rings. The Hall–Kier alpha value is -1.96. The van der Waals surface area contributed by atoms with Gasteiger partial charge in [-0.15, -0.1) is 0 Å². The van der Waals surface area contributed by atoms with E-state index < -0.39 is 0 Å². The number of phenols is 1. The molecule has 0 aliphatic rings. The Kier molecular flexibility index (Phi) is 14.5. The van der Waals surface area contributed by atoms with Gasteiger partial charge >= 0.3 is 0 Å². The van der Waals surface area contributed by atoms with E-state index in [9.17, 15) is 5.11 Å². The van der Waals surface area contributed by atoms with E-state index >= 15 is 0 Å². The maximum absolute atomic E-state index is 10.7. The lowest BCUT2D eigenvalue weighted by molar-refractivity contribution is 0.405. The second-order valence-electron chi connectivity index (χ2n) is 9.56. The van der Waals surface area contributed by atoms with Crippen molar-refractivity contribution in [2.75, 3.05) is 0 Å². The van der Waals surface area contributed by atoms with Gasteiger partial charge in [-0.25, -0.2) is 0 Å². The van der Waals surface area contributed by atoms with Gasteiger partial charge in [0, 0.05) is 5.56 Å². The Bertz CT molecular complexity index is 738. The highest BCUT2D eigenvalue weighted by atomic mass is 16.5. The van der Waals surface area contributed by atoms with Crippen LogP contribution in [0, 0.1) is 0 Å². The van der Waals surface area contributed by atoms with Crippen LogP contribution in [0.15, 0.2) is 42.5 Å². The minimum atomic E-state index is 0.261. The first kappa shape index (κ1) is 27.3. The van der Waals surface area contributed by atoms with Gasteiger partial charge in [-0.05, 0) is 49.4 Å². The van der Waals surface area contributed by atoms with Crippen molar-refractivity contribution < 1.29 is 9.84 Å². The molecule has 0 radical (unpaired) electrons. The molecule has 2 rings (SSSR count). The number of hydrogen-bond acceptors (Lipinski definition) is 2. The van der Waals surface area contributed by atoms with E-state index in [1.165, 1.54) is 101 Å². The minimum Gasteiger partial charge on any atom is -0.504 e. The Labute approximate surface area is 203 Å². The molecule has 0 amide bonds. The van der Waals surface area contributed by atoms with Crippen LogP contribution >= 0.6 is 0 Å². The molecule has 0 aliphatic carbocycles. The molecule has 0 fully saturated rings. The second kappa shape index (κ2) is 17.5. The Morgan fingerprint density at radius 2 is 1.09 bits per heavy atom. The maximum Gasteiger partial charge on any atom is 0.172 e. The Morgan fingerprint density at radius 3 is 1.67 bits per heavy atom. The predicted molar refractivity (Wildman–Crippen MR) is 143 cm³/mol. The van der Waals surface area contributed by atoms with E-state index in [-0.39, 0.29) is 5.75 Å². The molecule has 2 heteroatoms. The third-order valence-corrected chi connectivity index (χ3v) is 6.63. The lowest BCUT2D eigenvalue weighted by Crippen LogP contribution is -2.00. The molecule has 0 heterocycles. The summed E-state index contributed by atoms with van der Waals surface area (Å²) >= 11 is 0. The SMILES string of the molecule is CCCCCCCCCCc1c(CCCCCCCCC)ccc(O)c1Oc1ccccc1. The lowest BCUT2D eigenvalue weighted by atomic mass is 9.95. The summed E-state index contributed by atoms with van der Waals surface area (Å²) in [6.45, 7) is 4.54. The van der Waals surface area contributed by atoms with Gasteiger partial charge in [0.2, 0.25) is 0 Å². The first-order valence-corrected chi connectivity index (χ1v) is 13.8. The van der Waals surface area contributed by atoms with Crippen molar-refractivity contribution in [2.24, 2.45) is 0 Å². The monoisotopic (exact) mass is 452 g/mol. The first-order chi connectivity index (χ1) is 16.3. The number of aryl methyl sites for hydroxylation is 1. The summed E-state index contributed by atoms with van der Waals surface area (Å²) in [5.41, 5.74) is 2.58. The molecule has 33 heavy (non-hydrogen) atoms. The van der Waals surface area contributed by atoms with Crippen LogP contribution in [0.25, 0.3) is 0 Å². The number of unbranched alkanes of at least 4 members (excludes halogenated alkanes) is 13. The molecule has 2 nitrogen and oxygen atoms in total. The number of rotatable bonds is 19. The second-order valence-corrected chi connectivity index (χ2v) is 9.56. The predicted octanol–water partition coefficient (Wildman–Crippen LogP) is 10.2. The summed E-state index contributed by atoms with van der Waals surface area (Å²) in [5, 5.41) is 10.7. The molecule has 0 bridgehead atoms. The van der Waals surface area contributed by atoms with Crippen LogP contribution < -0.4 is 4.74 Å². The fraction of sp³-hybridized carbons (Fsp3) is 0.613. The molecule has 0 saturated carbocycles. The van der Waals surface area contributed by atoms with Crippen molar-refractivity contribution in [1.29, 1.82) is 0 Å². The van der Waals surface area contributed by atoms with Crippen molar-refractivity contribution in [3.63, 3.8) is 0 Å². The molecule has 0 spiro atoms. The van der Waals surface area contributed by atoms with Gasteiger partial charge in [-0.3, -0.25) is 0 Å². The van der Waals surface area contributed by atoms with Crippen LogP contribution in [0.2, 0.25) is 0 Å². The van der Waals surface area contributed by atoms with Crippen molar-refractivity contribution in [3.8, 4) is 17.2 Å². The zero-order valence-corrected chi connectivity index (χ0v) is 21.4. The minimum absolute atomic E-state index is 0.261. The van der Waals surface area contributed by atoms with Gasteiger partial charge in [0.25, 0.3) is 0 Å². The number of benzene rings is 2. The van der Waals surface area contributed by atoms with E-state index in [1.807, 2.05) is 36.4 Å². The number of hydrogen-bond donors (Lipinski definition) is 1. The summed E-state index contributed by atoms with van der Waals surface area (Å²) in [4.78, 5) is 0. The summed E-state index contributed by atoms with van der Waals surface area (Å²) in [6, 6.07) is 13.8. The van der Waals surface area contributed by atoms with Crippen molar-refractivity contribution in [2.45, 2.75) is 123 Å². The van der Waals surface area contributed by atoms with Crippen LogP contribution in [-0.2, 0) is 12.8 Å². The number of ether oxygens (including phenoxy) is 1. The molecule has 2 aromatic carbocycles. The van der Waals surface area contributed by atoms with Gasteiger partial charge in [-0.2, -0.15) is 0 Å². The fourth-order valence-corrected chi connectivity index (χ4v) is 4.59. The van der Waals surface area contributed by atoms with Crippen LogP contribution in [0.3, 0.4) is 0 Å². The number of aromatic hydroxyl groups is 1. The van der Waals surface area contributed by atoms with Crippen molar-refractivity contribution in [3.05, 3.63) is 53.6 Å². The Balaban J connectivity index is 1.97. The zero-order chi connectivity index (χ0) is 23.6. The van der Waals surface area contributed by atoms with Gasteiger partial charge in [0.05, 0.1) is 0 Å². The quantitative estimate of drug-likeness (QED) is 0.215. The molecule has 0 saturated heterocycles. The van der Waals surface area contributed by atoms with E-state index in [4.69, 9.17) is 4.74 Å². The molecule has 1 N–H and O–H groups in total. The van der Waals surface area contributed by atoms with Crippen LogP contribution in [0.5, 0.6) is 17.2 Å². The van der Waals surface area contributed by atoms with Gasteiger partial charge in [0.15, 0.2) is 11.5 Å². The van der Waals surface area contributed by atoms with Gasteiger partial charge < -0.3 is 9.84 Å². The normalized spacial score (nSPS) is 11.1. The van der Waals surface area contributed by atoms with E-state index in [1.54, 1.807) is 0 Å². The third-order valence-electron chi connectivity index (χ3n) is 6.63. The fourth-order valence-electron chi connectivity index (χ4n) is 4.59.